The van der Waals surface area contributed by atoms with Gasteiger partial charge in [0.25, 0.3) is 0 Å². The summed E-state index contributed by atoms with van der Waals surface area (Å²) >= 11 is 0. The van der Waals surface area contributed by atoms with Crippen LogP contribution in [-0.4, -0.2) is 12.6 Å². The molecule has 0 saturated heterocycles. The molecule has 0 saturated carbocycles. The second kappa shape index (κ2) is 8.77. The molecule has 0 heterocycles. The normalized spacial score (nSPS) is 10.2. The minimum absolute atomic E-state index is 0.243. The van der Waals surface area contributed by atoms with E-state index in [1.807, 2.05) is 0 Å². The van der Waals surface area contributed by atoms with E-state index in [0.29, 0.717) is 6.61 Å². The Morgan fingerprint density at radius 2 is 2.07 bits per heavy atom. The smallest absolute Gasteiger partial charge is 0.349 e. The van der Waals surface area contributed by atoms with Gasteiger partial charge in [0, 0.05) is 6.08 Å². The highest BCUT2D eigenvalue weighted by Crippen LogP contribution is 2.01. The van der Waals surface area contributed by atoms with Crippen LogP contribution in [0.3, 0.4) is 0 Å². The molecule has 0 aliphatic heterocycles. The number of nitriles is 2. The molecule has 0 fully saturated rings. The summed E-state index contributed by atoms with van der Waals surface area (Å²) < 4.78 is 4.81. The van der Waals surface area contributed by atoms with E-state index in [1.165, 1.54) is 0 Å². The van der Waals surface area contributed by atoms with Crippen LogP contribution >= 0.6 is 0 Å². The standard InChI is InChI=1S/C11H14N2O2/c1-2-3-4-5-8-15-11(14)10(9-13)6-7-12/h6H,2-5,8H2,1H3. The first kappa shape index (κ1) is 13.2. The number of hydrogen-bond donors (Lipinski definition) is 0. The highest BCUT2D eigenvalue weighted by atomic mass is 16.5. The number of unbranched alkanes of at least 4 members (excludes halogenated alkanes) is 3. The van der Waals surface area contributed by atoms with Crippen LogP contribution in [0.15, 0.2) is 11.6 Å². The van der Waals surface area contributed by atoms with Crippen molar-refractivity contribution >= 4 is 5.97 Å². The Morgan fingerprint density at radius 1 is 1.33 bits per heavy atom. The summed E-state index contributed by atoms with van der Waals surface area (Å²) in [6, 6.07) is 3.24. The molecule has 4 nitrogen and oxygen atoms in total. The number of rotatable bonds is 6. The third-order valence-corrected chi connectivity index (χ3v) is 1.78. The van der Waals surface area contributed by atoms with Crippen molar-refractivity contribution in [2.75, 3.05) is 6.61 Å². The summed E-state index contributed by atoms with van der Waals surface area (Å²) in [6.45, 7) is 2.40. The SMILES string of the molecule is CCCCCCOC(=O)C(C#N)=CC#N. The second-order valence-corrected chi connectivity index (χ2v) is 3.00. The van der Waals surface area contributed by atoms with E-state index >= 15 is 0 Å². The summed E-state index contributed by atoms with van der Waals surface area (Å²) in [6.07, 6.45) is 4.93. The van der Waals surface area contributed by atoms with Gasteiger partial charge >= 0.3 is 5.97 Å². The van der Waals surface area contributed by atoms with Gasteiger partial charge in [-0.15, -0.1) is 0 Å². The van der Waals surface area contributed by atoms with Crippen LogP contribution in [0.5, 0.6) is 0 Å². The van der Waals surface area contributed by atoms with Gasteiger partial charge in [-0.3, -0.25) is 0 Å². The molecular formula is C11H14N2O2. The lowest BCUT2D eigenvalue weighted by atomic mass is 10.2. The fourth-order valence-electron chi connectivity index (χ4n) is 0.973. The van der Waals surface area contributed by atoms with Crippen molar-refractivity contribution in [2.45, 2.75) is 32.6 Å². The van der Waals surface area contributed by atoms with E-state index in [1.54, 1.807) is 12.1 Å². The first-order valence-corrected chi connectivity index (χ1v) is 4.93. The molecule has 0 unspecified atom stereocenters. The van der Waals surface area contributed by atoms with E-state index in [0.717, 1.165) is 31.8 Å². The van der Waals surface area contributed by atoms with Crippen molar-refractivity contribution in [1.82, 2.24) is 0 Å². The van der Waals surface area contributed by atoms with Crippen LogP contribution in [0.25, 0.3) is 0 Å². The lowest BCUT2D eigenvalue weighted by Crippen LogP contribution is -2.07. The summed E-state index contributed by atoms with van der Waals surface area (Å²) in [5, 5.41) is 16.8. The predicted octanol–water partition coefficient (Wildman–Crippen LogP) is 2.08. The molecule has 0 aromatic heterocycles. The topological polar surface area (TPSA) is 73.9 Å². The third-order valence-electron chi connectivity index (χ3n) is 1.78. The van der Waals surface area contributed by atoms with Gasteiger partial charge in [-0.2, -0.15) is 10.5 Å². The molecule has 0 spiro atoms. The lowest BCUT2D eigenvalue weighted by Gasteiger charge is -2.02. The Morgan fingerprint density at radius 3 is 2.60 bits per heavy atom. The summed E-state index contributed by atoms with van der Waals surface area (Å²) in [5.74, 6) is -0.712. The Bertz CT molecular complexity index is 308. The first-order chi connectivity index (χ1) is 7.26. The molecule has 0 bridgehead atoms. The van der Waals surface area contributed by atoms with E-state index in [9.17, 15) is 4.79 Å². The zero-order chi connectivity index (χ0) is 11.5. The first-order valence-electron chi connectivity index (χ1n) is 4.93. The second-order valence-electron chi connectivity index (χ2n) is 3.00. The summed E-state index contributed by atoms with van der Waals surface area (Å²) in [4.78, 5) is 11.1. The fraction of sp³-hybridized carbons (Fsp3) is 0.545. The molecule has 0 N–H and O–H groups in total. The highest BCUT2D eigenvalue weighted by molar-refractivity contribution is 5.93. The average molecular weight is 206 g/mol. The fourth-order valence-corrected chi connectivity index (χ4v) is 0.973. The number of hydrogen-bond acceptors (Lipinski definition) is 4. The summed E-state index contributed by atoms with van der Waals surface area (Å²) in [7, 11) is 0. The van der Waals surface area contributed by atoms with Gasteiger partial charge < -0.3 is 4.74 Å². The number of carbonyl (C=O) groups is 1. The van der Waals surface area contributed by atoms with Crippen LogP contribution < -0.4 is 0 Å². The van der Waals surface area contributed by atoms with E-state index in [4.69, 9.17) is 15.3 Å². The number of allylic oxidation sites excluding steroid dienone is 1. The van der Waals surface area contributed by atoms with Crippen LogP contribution in [0.4, 0.5) is 0 Å². The minimum atomic E-state index is -0.712. The van der Waals surface area contributed by atoms with Crippen molar-refractivity contribution in [3.05, 3.63) is 11.6 Å². The van der Waals surface area contributed by atoms with Gasteiger partial charge in [0.15, 0.2) is 0 Å². The van der Waals surface area contributed by atoms with Crippen LogP contribution in [0.2, 0.25) is 0 Å². The van der Waals surface area contributed by atoms with Crippen LogP contribution in [0, 0.1) is 22.7 Å². The molecule has 0 radical (unpaired) electrons. The maximum Gasteiger partial charge on any atom is 0.349 e. The lowest BCUT2D eigenvalue weighted by molar-refractivity contribution is -0.138. The number of nitrogens with zero attached hydrogens (tertiary/aromatic N) is 2. The third kappa shape index (κ3) is 6.29. The van der Waals surface area contributed by atoms with Gasteiger partial charge in [-0.05, 0) is 6.42 Å². The van der Waals surface area contributed by atoms with Gasteiger partial charge in [-0.1, -0.05) is 26.2 Å². The number of carbonyl (C=O) groups excluding carboxylic acids is 1. The number of ether oxygens (including phenoxy) is 1. The molecule has 0 amide bonds. The predicted molar refractivity (Wildman–Crippen MR) is 54.4 cm³/mol. The van der Waals surface area contributed by atoms with Gasteiger partial charge in [0.2, 0.25) is 0 Å². The van der Waals surface area contributed by atoms with Crippen molar-refractivity contribution in [2.24, 2.45) is 0 Å². The van der Waals surface area contributed by atoms with Crippen molar-refractivity contribution in [3.8, 4) is 12.1 Å². The van der Waals surface area contributed by atoms with E-state index in [2.05, 4.69) is 6.92 Å². The molecular weight excluding hydrogens is 192 g/mol. The van der Waals surface area contributed by atoms with Crippen LogP contribution in [-0.2, 0) is 9.53 Å². The van der Waals surface area contributed by atoms with Crippen LogP contribution in [0.1, 0.15) is 32.6 Å². The number of esters is 1. The van der Waals surface area contributed by atoms with Gasteiger partial charge in [0.1, 0.15) is 11.6 Å². The Balaban J connectivity index is 3.80. The zero-order valence-electron chi connectivity index (χ0n) is 8.82. The largest absolute Gasteiger partial charge is 0.462 e. The average Bonchev–Trinajstić information content (AvgIpc) is 2.25. The molecule has 0 aromatic rings. The Labute approximate surface area is 89.8 Å². The Hall–Kier alpha value is -1.81. The Kier molecular flexibility index (Phi) is 7.71. The summed E-state index contributed by atoms with van der Waals surface area (Å²) in [5.41, 5.74) is -0.243. The van der Waals surface area contributed by atoms with E-state index < -0.39 is 5.97 Å². The maximum absolute atomic E-state index is 11.1. The molecule has 80 valence electrons. The molecule has 4 heteroatoms. The highest BCUT2D eigenvalue weighted by Gasteiger charge is 2.09. The van der Waals surface area contributed by atoms with E-state index in [-0.39, 0.29) is 5.57 Å². The molecule has 0 aliphatic carbocycles. The van der Waals surface area contributed by atoms with Gasteiger partial charge in [-0.25, -0.2) is 4.79 Å². The van der Waals surface area contributed by atoms with Gasteiger partial charge in [0.05, 0.1) is 12.7 Å². The minimum Gasteiger partial charge on any atom is -0.462 e. The van der Waals surface area contributed by atoms with Crippen molar-refractivity contribution in [3.63, 3.8) is 0 Å². The molecule has 0 rings (SSSR count). The maximum atomic E-state index is 11.1. The monoisotopic (exact) mass is 206 g/mol. The van der Waals surface area contributed by atoms with Crippen molar-refractivity contribution < 1.29 is 9.53 Å². The zero-order valence-corrected chi connectivity index (χ0v) is 8.82. The van der Waals surface area contributed by atoms with Crippen molar-refractivity contribution in [1.29, 1.82) is 10.5 Å². The molecule has 0 aliphatic rings. The molecule has 0 atom stereocenters. The molecule has 0 aromatic carbocycles. The quantitative estimate of drug-likeness (QED) is 0.288. The molecule has 15 heavy (non-hydrogen) atoms.